The average molecular weight is 522 g/mol. The number of nitro groups is 1. The second-order valence-corrected chi connectivity index (χ2v) is 10.4. The second-order valence-electron chi connectivity index (χ2n) is 8.48. The van der Waals surface area contributed by atoms with Gasteiger partial charge in [0.2, 0.25) is 11.8 Å². The SMILES string of the molecule is C[C@H](C(=O)NC(C)(C)C)N(Cc1ccc(Br)cc1)C(=O)CSCc1ccc([N+](=O)[O-])cc1. The molecule has 0 aliphatic rings. The summed E-state index contributed by atoms with van der Waals surface area (Å²) in [6, 6.07) is 13.3. The molecule has 2 aromatic rings. The number of halogens is 1. The quantitative estimate of drug-likeness (QED) is 0.373. The highest BCUT2D eigenvalue weighted by Gasteiger charge is 2.28. The van der Waals surface area contributed by atoms with E-state index in [-0.39, 0.29) is 23.3 Å². The molecule has 1 N–H and O–H groups in total. The van der Waals surface area contributed by atoms with Crippen molar-refractivity contribution >= 4 is 45.2 Å². The largest absolute Gasteiger partial charge is 0.350 e. The van der Waals surface area contributed by atoms with Crippen LogP contribution in [0.5, 0.6) is 0 Å². The van der Waals surface area contributed by atoms with Crippen LogP contribution < -0.4 is 5.32 Å². The normalized spacial score (nSPS) is 12.2. The number of non-ortho nitro benzene ring substituents is 1. The zero-order valence-corrected chi connectivity index (χ0v) is 21.0. The first kappa shape index (κ1) is 25.9. The fourth-order valence-electron chi connectivity index (χ4n) is 2.90. The van der Waals surface area contributed by atoms with Gasteiger partial charge in [0.15, 0.2) is 0 Å². The highest BCUT2D eigenvalue weighted by Crippen LogP contribution is 2.19. The van der Waals surface area contributed by atoms with E-state index in [1.807, 2.05) is 45.0 Å². The third-order valence-electron chi connectivity index (χ3n) is 4.57. The Bertz CT molecular complexity index is 943. The van der Waals surface area contributed by atoms with Crippen molar-refractivity contribution < 1.29 is 14.5 Å². The summed E-state index contributed by atoms with van der Waals surface area (Å²) in [5.41, 5.74) is 1.46. The lowest BCUT2D eigenvalue weighted by molar-refractivity contribution is -0.384. The number of nitro benzene ring substituents is 1. The number of hydrogen-bond acceptors (Lipinski definition) is 5. The van der Waals surface area contributed by atoms with Crippen LogP contribution in [-0.2, 0) is 21.9 Å². The fourth-order valence-corrected chi connectivity index (χ4v) is 4.03. The maximum absolute atomic E-state index is 13.1. The minimum Gasteiger partial charge on any atom is -0.350 e. The van der Waals surface area contributed by atoms with E-state index in [4.69, 9.17) is 0 Å². The first-order valence-electron chi connectivity index (χ1n) is 10.1. The van der Waals surface area contributed by atoms with Gasteiger partial charge in [0.1, 0.15) is 6.04 Å². The van der Waals surface area contributed by atoms with Crippen LogP contribution in [0.4, 0.5) is 5.69 Å². The first-order chi connectivity index (χ1) is 15.0. The molecule has 0 radical (unpaired) electrons. The van der Waals surface area contributed by atoms with Gasteiger partial charge in [0.25, 0.3) is 5.69 Å². The number of hydrogen-bond donors (Lipinski definition) is 1. The molecular weight excluding hydrogens is 494 g/mol. The molecule has 0 aliphatic heterocycles. The van der Waals surface area contributed by atoms with Gasteiger partial charge in [0.05, 0.1) is 10.7 Å². The van der Waals surface area contributed by atoms with Crippen LogP contribution in [-0.4, -0.2) is 39.0 Å². The Morgan fingerprint density at radius 2 is 1.66 bits per heavy atom. The molecule has 9 heteroatoms. The van der Waals surface area contributed by atoms with E-state index in [9.17, 15) is 19.7 Å². The van der Waals surface area contributed by atoms with E-state index in [1.165, 1.54) is 23.9 Å². The molecule has 32 heavy (non-hydrogen) atoms. The van der Waals surface area contributed by atoms with Crippen LogP contribution in [0.25, 0.3) is 0 Å². The number of carbonyl (C=O) groups is 2. The molecule has 0 heterocycles. The summed E-state index contributed by atoms with van der Waals surface area (Å²) in [5, 5.41) is 13.7. The Balaban J connectivity index is 2.07. The molecule has 0 spiro atoms. The van der Waals surface area contributed by atoms with E-state index < -0.39 is 16.5 Å². The zero-order valence-electron chi connectivity index (χ0n) is 18.6. The standard InChI is InChI=1S/C23H28BrN3O4S/c1-16(22(29)25-23(2,3)4)26(13-17-5-9-19(24)10-6-17)21(28)15-32-14-18-7-11-20(12-8-18)27(30)31/h5-12,16H,13-15H2,1-4H3,(H,25,29)/t16-/m1/s1. The molecule has 172 valence electrons. The average Bonchev–Trinajstić information content (AvgIpc) is 2.72. The van der Waals surface area contributed by atoms with Crippen LogP contribution >= 0.6 is 27.7 Å². The lowest BCUT2D eigenvalue weighted by Crippen LogP contribution is -2.52. The van der Waals surface area contributed by atoms with Gasteiger partial charge in [0, 0.05) is 34.4 Å². The number of carbonyl (C=O) groups excluding carboxylic acids is 2. The molecular formula is C23H28BrN3O4S. The van der Waals surface area contributed by atoms with Crippen molar-refractivity contribution in [1.82, 2.24) is 10.2 Å². The summed E-state index contributed by atoms with van der Waals surface area (Å²) in [7, 11) is 0. The third kappa shape index (κ3) is 8.27. The van der Waals surface area contributed by atoms with Crippen molar-refractivity contribution in [1.29, 1.82) is 0 Å². The molecule has 2 aromatic carbocycles. The number of thioether (sulfide) groups is 1. The predicted octanol–water partition coefficient (Wildman–Crippen LogP) is 4.92. The molecule has 7 nitrogen and oxygen atoms in total. The molecule has 0 bridgehead atoms. The Hall–Kier alpha value is -2.39. The maximum atomic E-state index is 13.1. The molecule has 0 aliphatic carbocycles. The van der Waals surface area contributed by atoms with Crippen LogP contribution in [0.3, 0.4) is 0 Å². The first-order valence-corrected chi connectivity index (χ1v) is 12.1. The predicted molar refractivity (Wildman–Crippen MR) is 131 cm³/mol. The van der Waals surface area contributed by atoms with Gasteiger partial charge in [-0.25, -0.2) is 0 Å². The summed E-state index contributed by atoms with van der Waals surface area (Å²) in [4.78, 5) is 37.8. The van der Waals surface area contributed by atoms with E-state index in [0.29, 0.717) is 12.3 Å². The molecule has 0 aromatic heterocycles. The minimum absolute atomic E-state index is 0.0363. The van der Waals surface area contributed by atoms with Gasteiger partial charge in [-0.15, -0.1) is 11.8 Å². The fraction of sp³-hybridized carbons (Fsp3) is 0.391. The zero-order chi connectivity index (χ0) is 23.9. The molecule has 2 amide bonds. The van der Waals surface area contributed by atoms with Gasteiger partial charge in [-0.3, -0.25) is 19.7 Å². The van der Waals surface area contributed by atoms with Crippen molar-refractivity contribution in [2.24, 2.45) is 0 Å². The maximum Gasteiger partial charge on any atom is 0.269 e. The Labute approximate surface area is 201 Å². The molecule has 1 atom stereocenters. The number of amides is 2. The Kier molecular flexibility index (Phi) is 9.27. The van der Waals surface area contributed by atoms with E-state index in [1.54, 1.807) is 24.0 Å². The van der Waals surface area contributed by atoms with E-state index in [0.717, 1.165) is 15.6 Å². The van der Waals surface area contributed by atoms with E-state index in [2.05, 4.69) is 21.2 Å². The molecule has 0 unspecified atom stereocenters. The smallest absolute Gasteiger partial charge is 0.269 e. The lowest BCUT2D eigenvalue weighted by atomic mass is 10.1. The summed E-state index contributed by atoms with van der Waals surface area (Å²) in [6.07, 6.45) is 0. The second kappa shape index (κ2) is 11.5. The molecule has 0 fully saturated rings. The third-order valence-corrected chi connectivity index (χ3v) is 6.09. The summed E-state index contributed by atoms with van der Waals surface area (Å²) >= 11 is 4.82. The molecule has 2 rings (SSSR count). The number of rotatable bonds is 9. The van der Waals surface area contributed by atoms with Crippen molar-refractivity contribution in [3.8, 4) is 0 Å². The van der Waals surface area contributed by atoms with Crippen molar-refractivity contribution in [2.45, 2.75) is 51.6 Å². The number of nitrogens with one attached hydrogen (secondary N) is 1. The lowest BCUT2D eigenvalue weighted by Gasteiger charge is -2.31. The van der Waals surface area contributed by atoms with Crippen LogP contribution in [0.2, 0.25) is 0 Å². The van der Waals surface area contributed by atoms with Crippen LogP contribution in [0, 0.1) is 10.1 Å². The van der Waals surface area contributed by atoms with Crippen molar-refractivity contribution in [2.75, 3.05) is 5.75 Å². The summed E-state index contributed by atoms with van der Waals surface area (Å²) in [5.74, 6) is 0.388. The highest BCUT2D eigenvalue weighted by atomic mass is 79.9. The van der Waals surface area contributed by atoms with Crippen molar-refractivity contribution in [3.63, 3.8) is 0 Å². The van der Waals surface area contributed by atoms with Gasteiger partial charge < -0.3 is 10.2 Å². The van der Waals surface area contributed by atoms with Crippen molar-refractivity contribution in [3.05, 3.63) is 74.2 Å². The van der Waals surface area contributed by atoms with Gasteiger partial charge in [-0.1, -0.05) is 40.2 Å². The Morgan fingerprint density at radius 1 is 1.09 bits per heavy atom. The van der Waals surface area contributed by atoms with Crippen LogP contribution in [0.1, 0.15) is 38.8 Å². The summed E-state index contributed by atoms with van der Waals surface area (Å²) < 4.78 is 0.941. The minimum atomic E-state index is -0.634. The molecule has 0 saturated carbocycles. The van der Waals surface area contributed by atoms with Gasteiger partial charge in [-0.2, -0.15) is 0 Å². The monoisotopic (exact) mass is 521 g/mol. The van der Waals surface area contributed by atoms with Crippen LogP contribution in [0.15, 0.2) is 53.0 Å². The van der Waals surface area contributed by atoms with Gasteiger partial charge >= 0.3 is 0 Å². The topological polar surface area (TPSA) is 92.6 Å². The molecule has 0 saturated heterocycles. The number of nitrogens with zero attached hydrogens (tertiary/aromatic N) is 2. The van der Waals surface area contributed by atoms with Gasteiger partial charge in [-0.05, 0) is 51.0 Å². The highest BCUT2D eigenvalue weighted by molar-refractivity contribution is 9.10. The number of benzene rings is 2. The summed E-state index contributed by atoms with van der Waals surface area (Å²) in [6.45, 7) is 7.76. The van der Waals surface area contributed by atoms with E-state index >= 15 is 0 Å². The Morgan fingerprint density at radius 3 is 2.19 bits per heavy atom.